The standard InChI is InChI=1S/C20H24IN5O3S/c1-24-17(15-13-26(30-21)19-14(15)4-3-5-18(19)28-2)12-16(23-24)20(27)22-6-7-25-8-10-29-11-9-25/h3-5,12-13H,6-11H2,1-2H3,(H,22,27). The molecule has 1 saturated heterocycles. The van der Waals surface area contributed by atoms with Gasteiger partial charge in [0.05, 0.1) is 26.0 Å². The van der Waals surface area contributed by atoms with Crippen molar-refractivity contribution in [2.24, 2.45) is 7.05 Å². The number of rotatable bonds is 7. The van der Waals surface area contributed by atoms with Crippen molar-refractivity contribution in [1.29, 1.82) is 0 Å². The quantitative estimate of drug-likeness (QED) is 0.464. The SMILES string of the molecule is COc1cccc2c(-c3cc(C(=O)NCCN4CCOCC4)nn3C)cn(SI)c12. The zero-order valence-electron chi connectivity index (χ0n) is 16.9. The number of nitrogens with zero attached hydrogens (tertiary/aromatic N) is 4. The Balaban J connectivity index is 1.55. The van der Waals surface area contributed by atoms with Gasteiger partial charge in [-0.1, -0.05) is 12.1 Å². The second-order valence-electron chi connectivity index (χ2n) is 7.04. The molecule has 1 aromatic carbocycles. The number of methoxy groups -OCH3 is 1. The Morgan fingerprint density at radius 1 is 1.37 bits per heavy atom. The molecule has 1 aliphatic rings. The van der Waals surface area contributed by atoms with Gasteiger partial charge in [-0.3, -0.25) is 18.3 Å². The van der Waals surface area contributed by atoms with Crippen LogP contribution in [0.25, 0.3) is 22.2 Å². The number of amides is 1. The number of fused-ring (bicyclic) bond motifs is 1. The Morgan fingerprint density at radius 2 is 2.17 bits per heavy atom. The Bertz CT molecular complexity index is 1040. The van der Waals surface area contributed by atoms with Gasteiger partial charge in [-0.15, -0.1) is 0 Å². The maximum absolute atomic E-state index is 12.6. The number of para-hydroxylation sites is 1. The van der Waals surface area contributed by atoms with E-state index in [0.717, 1.165) is 60.8 Å². The third-order valence-electron chi connectivity index (χ3n) is 5.26. The summed E-state index contributed by atoms with van der Waals surface area (Å²) in [5.41, 5.74) is 3.32. The average Bonchev–Trinajstić information content (AvgIpc) is 3.34. The fraction of sp³-hybridized carbons (Fsp3) is 0.400. The number of morpholine rings is 1. The van der Waals surface area contributed by atoms with E-state index in [1.54, 1.807) is 20.9 Å². The van der Waals surface area contributed by atoms with Gasteiger partial charge in [0.1, 0.15) is 11.3 Å². The lowest BCUT2D eigenvalue weighted by molar-refractivity contribution is 0.0383. The van der Waals surface area contributed by atoms with Crippen molar-refractivity contribution >= 4 is 47.1 Å². The molecule has 2 aromatic heterocycles. The average molecular weight is 541 g/mol. The van der Waals surface area contributed by atoms with Crippen LogP contribution in [-0.4, -0.2) is 71.1 Å². The molecule has 1 amide bonds. The van der Waals surface area contributed by atoms with Gasteiger partial charge in [0.2, 0.25) is 0 Å². The monoisotopic (exact) mass is 541 g/mol. The van der Waals surface area contributed by atoms with Gasteiger partial charge in [-0.25, -0.2) is 0 Å². The van der Waals surface area contributed by atoms with Crippen LogP contribution >= 0.6 is 30.3 Å². The molecule has 0 spiro atoms. The first kappa shape index (κ1) is 21.5. The number of benzene rings is 1. The minimum Gasteiger partial charge on any atom is -0.495 e. The van der Waals surface area contributed by atoms with E-state index < -0.39 is 0 Å². The second-order valence-corrected chi connectivity index (χ2v) is 8.76. The minimum absolute atomic E-state index is 0.158. The van der Waals surface area contributed by atoms with Gasteiger partial charge in [0, 0.05) is 80.7 Å². The molecule has 0 saturated carbocycles. The van der Waals surface area contributed by atoms with Crippen LogP contribution in [0.15, 0.2) is 30.5 Å². The summed E-state index contributed by atoms with van der Waals surface area (Å²) < 4.78 is 14.7. The maximum atomic E-state index is 12.6. The van der Waals surface area contributed by atoms with Crippen LogP contribution in [0.3, 0.4) is 0 Å². The molecule has 30 heavy (non-hydrogen) atoms. The number of carbonyl (C=O) groups is 1. The van der Waals surface area contributed by atoms with E-state index in [1.165, 1.54) is 0 Å². The third kappa shape index (κ3) is 4.32. The van der Waals surface area contributed by atoms with Crippen LogP contribution < -0.4 is 10.1 Å². The van der Waals surface area contributed by atoms with Gasteiger partial charge in [0.25, 0.3) is 5.91 Å². The summed E-state index contributed by atoms with van der Waals surface area (Å²) >= 11 is 2.25. The van der Waals surface area contributed by atoms with Crippen LogP contribution in [0.1, 0.15) is 10.5 Å². The number of ether oxygens (including phenoxy) is 2. The van der Waals surface area contributed by atoms with Crippen molar-refractivity contribution in [3.63, 3.8) is 0 Å². The first-order valence-electron chi connectivity index (χ1n) is 9.72. The third-order valence-corrected chi connectivity index (χ3v) is 6.97. The lowest BCUT2D eigenvalue weighted by Crippen LogP contribution is -2.41. The minimum atomic E-state index is -0.158. The molecule has 0 radical (unpaired) electrons. The fourth-order valence-corrected chi connectivity index (χ4v) is 5.05. The van der Waals surface area contributed by atoms with Gasteiger partial charge < -0.3 is 14.8 Å². The summed E-state index contributed by atoms with van der Waals surface area (Å²) in [5, 5.41) is 8.50. The molecule has 160 valence electrons. The second kappa shape index (κ2) is 9.58. The van der Waals surface area contributed by atoms with Crippen LogP contribution in [0.5, 0.6) is 5.75 Å². The van der Waals surface area contributed by atoms with E-state index in [0.29, 0.717) is 12.2 Å². The molecular formula is C20H24IN5O3S. The predicted molar refractivity (Wildman–Crippen MR) is 127 cm³/mol. The molecule has 0 aliphatic carbocycles. The van der Waals surface area contributed by atoms with Crippen LogP contribution in [0, 0.1) is 0 Å². The Labute approximate surface area is 191 Å². The smallest absolute Gasteiger partial charge is 0.271 e. The fourth-order valence-electron chi connectivity index (χ4n) is 3.71. The van der Waals surface area contributed by atoms with Crippen LogP contribution in [0.2, 0.25) is 0 Å². The number of nitrogens with one attached hydrogen (secondary N) is 1. The van der Waals surface area contributed by atoms with E-state index in [1.807, 2.05) is 25.2 Å². The van der Waals surface area contributed by atoms with Crippen LogP contribution in [-0.2, 0) is 11.8 Å². The molecule has 1 fully saturated rings. The summed E-state index contributed by atoms with van der Waals surface area (Å²) in [7, 11) is 5.11. The van der Waals surface area contributed by atoms with Crippen molar-refractivity contribution in [3.05, 3.63) is 36.2 Å². The van der Waals surface area contributed by atoms with E-state index in [-0.39, 0.29) is 5.91 Å². The van der Waals surface area contributed by atoms with E-state index in [4.69, 9.17) is 9.47 Å². The molecule has 3 heterocycles. The van der Waals surface area contributed by atoms with Crippen molar-refractivity contribution < 1.29 is 14.3 Å². The number of aromatic nitrogens is 3. The lowest BCUT2D eigenvalue weighted by Gasteiger charge is -2.26. The van der Waals surface area contributed by atoms with E-state index in [9.17, 15) is 4.79 Å². The molecule has 0 bridgehead atoms. The highest BCUT2D eigenvalue weighted by Crippen LogP contribution is 2.39. The zero-order valence-corrected chi connectivity index (χ0v) is 19.9. The van der Waals surface area contributed by atoms with Gasteiger partial charge >= 0.3 is 0 Å². The maximum Gasteiger partial charge on any atom is 0.271 e. The Morgan fingerprint density at radius 3 is 2.90 bits per heavy atom. The molecular weight excluding hydrogens is 517 g/mol. The van der Waals surface area contributed by atoms with E-state index in [2.05, 4.69) is 52.8 Å². The topological polar surface area (TPSA) is 73.6 Å². The first-order valence-corrected chi connectivity index (χ1v) is 13.0. The summed E-state index contributed by atoms with van der Waals surface area (Å²) in [6, 6.07) is 7.83. The number of halogens is 1. The van der Waals surface area contributed by atoms with Gasteiger partial charge in [0.15, 0.2) is 5.69 Å². The van der Waals surface area contributed by atoms with Gasteiger partial charge in [-0.2, -0.15) is 5.10 Å². The molecule has 10 heteroatoms. The molecule has 1 aliphatic heterocycles. The largest absolute Gasteiger partial charge is 0.495 e. The molecule has 0 unspecified atom stereocenters. The van der Waals surface area contributed by atoms with Crippen LogP contribution in [0.4, 0.5) is 0 Å². The lowest BCUT2D eigenvalue weighted by atomic mass is 10.1. The highest BCUT2D eigenvalue weighted by Gasteiger charge is 2.20. The van der Waals surface area contributed by atoms with Crippen molar-refractivity contribution in [2.75, 3.05) is 46.5 Å². The number of carbonyl (C=O) groups excluding carboxylic acids is 1. The molecule has 8 nitrogen and oxygen atoms in total. The van der Waals surface area contributed by atoms with E-state index >= 15 is 0 Å². The number of hydrogen-bond acceptors (Lipinski definition) is 6. The Hall–Kier alpha value is -1.76. The predicted octanol–water partition coefficient (Wildman–Crippen LogP) is 2.96. The van der Waals surface area contributed by atoms with Gasteiger partial charge in [-0.05, 0) is 12.1 Å². The number of aryl methyl sites for hydroxylation is 1. The zero-order chi connectivity index (χ0) is 21.1. The summed E-state index contributed by atoms with van der Waals surface area (Å²) in [6.45, 7) is 4.73. The number of hydrogen-bond donors (Lipinski definition) is 1. The highest BCUT2D eigenvalue weighted by atomic mass is 127. The molecule has 1 N–H and O–H groups in total. The summed E-state index contributed by atoms with van der Waals surface area (Å²) in [6.07, 6.45) is 2.06. The Kier molecular flexibility index (Phi) is 6.86. The first-order chi connectivity index (χ1) is 14.6. The van der Waals surface area contributed by atoms with Crippen molar-refractivity contribution in [2.45, 2.75) is 0 Å². The van der Waals surface area contributed by atoms with Crippen molar-refractivity contribution in [3.8, 4) is 17.0 Å². The molecule has 4 rings (SSSR count). The normalized spacial score (nSPS) is 14.9. The summed E-state index contributed by atoms with van der Waals surface area (Å²) in [4.78, 5) is 14.9. The van der Waals surface area contributed by atoms with Crippen molar-refractivity contribution in [1.82, 2.24) is 24.0 Å². The molecule has 3 aromatic rings. The highest BCUT2D eigenvalue weighted by molar-refractivity contribution is 14.2. The summed E-state index contributed by atoms with van der Waals surface area (Å²) in [5.74, 6) is 0.654. The molecule has 0 atom stereocenters.